The zero-order valence-corrected chi connectivity index (χ0v) is 24.9. The molecule has 0 bridgehead atoms. The average Bonchev–Trinajstić information content (AvgIpc) is 3.81. The molecule has 44 heavy (non-hydrogen) atoms. The van der Waals surface area contributed by atoms with Gasteiger partial charge in [0.25, 0.3) is 0 Å². The first-order valence-corrected chi connectivity index (χ1v) is 15.6. The van der Waals surface area contributed by atoms with E-state index in [0.29, 0.717) is 42.7 Å². The highest BCUT2D eigenvalue weighted by Crippen LogP contribution is 2.33. The van der Waals surface area contributed by atoms with Gasteiger partial charge >= 0.3 is 5.97 Å². The first-order chi connectivity index (χ1) is 21.4. The van der Waals surface area contributed by atoms with Crippen molar-refractivity contribution in [3.05, 3.63) is 82.4 Å². The quantitative estimate of drug-likeness (QED) is 0.234. The summed E-state index contributed by atoms with van der Waals surface area (Å²) in [6.07, 6.45) is 5.05. The fourth-order valence-corrected chi connectivity index (χ4v) is 6.18. The number of hydrogen-bond acceptors (Lipinski definition) is 8. The molecule has 5 heterocycles. The Labute approximate surface area is 256 Å². The van der Waals surface area contributed by atoms with Gasteiger partial charge in [0.2, 0.25) is 5.88 Å². The number of carbonyl (C=O) groups excluding carboxylic acids is 1. The number of ketones is 1. The number of likely N-dealkylation sites (tertiary alicyclic amines) is 1. The second-order valence-corrected chi connectivity index (χ2v) is 12.3. The van der Waals surface area contributed by atoms with Crippen LogP contribution in [0.4, 0.5) is 0 Å². The third kappa shape index (κ3) is 6.09. The van der Waals surface area contributed by atoms with Crippen LogP contribution in [0.15, 0.2) is 48.5 Å². The van der Waals surface area contributed by atoms with Crippen LogP contribution in [0.3, 0.4) is 0 Å². The molecule has 3 aromatic heterocycles. The van der Waals surface area contributed by atoms with Gasteiger partial charge in [-0.1, -0.05) is 18.2 Å². The lowest BCUT2D eigenvalue weighted by molar-refractivity contribution is -0.0593. The maximum Gasteiger partial charge on any atom is 0.354 e. The van der Waals surface area contributed by atoms with Crippen molar-refractivity contribution in [2.75, 3.05) is 19.7 Å². The minimum atomic E-state index is -1.04. The molecule has 1 aliphatic carbocycles. The molecule has 1 unspecified atom stereocenters. The number of carboxylic acid groups (broad SMARTS) is 1. The van der Waals surface area contributed by atoms with Gasteiger partial charge in [-0.05, 0) is 87.5 Å². The minimum absolute atomic E-state index is 0.0210. The fraction of sp³-hybridized carbons (Fsp3) is 0.441. The van der Waals surface area contributed by atoms with E-state index in [1.54, 1.807) is 6.07 Å². The Bertz CT molecular complexity index is 1700. The molecule has 4 aromatic rings. The van der Waals surface area contributed by atoms with Crippen molar-refractivity contribution in [2.24, 2.45) is 5.92 Å². The Balaban J connectivity index is 0.979. The molecule has 228 valence electrons. The lowest BCUT2D eigenvalue weighted by Crippen LogP contribution is -2.35. The summed E-state index contributed by atoms with van der Waals surface area (Å²) in [7, 11) is 0. The van der Waals surface area contributed by atoms with E-state index < -0.39 is 5.97 Å². The molecule has 10 nitrogen and oxygen atoms in total. The first kappa shape index (κ1) is 28.6. The van der Waals surface area contributed by atoms with Crippen LogP contribution in [0.25, 0.3) is 11.2 Å². The van der Waals surface area contributed by atoms with Crippen LogP contribution in [0.1, 0.15) is 81.5 Å². The number of pyridine rings is 2. The van der Waals surface area contributed by atoms with Gasteiger partial charge in [0.1, 0.15) is 17.9 Å². The van der Waals surface area contributed by atoms with Crippen LogP contribution in [0, 0.1) is 12.8 Å². The molecule has 1 atom stereocenters. The predicted octanol–water partition coefficient (Wildman–Crippen LogP) is 5.17. The van der Waals surface area contributed by atoms with E-state index >= 15 is 0 Å². The molecule has 2 aliphatic heterocycles. The number of aryl methyl sites for hydroxylation is 1. The van der Waals surface area contributed by atoms with Crippen LogP contribution in [-0.2, 0) is 24.4 Å². The lowest BCUT2D eigenvalue weighted by Gasteiger charge is -2.32. The molecule has 0 radical (unpaired) electrons. The van der Waals surface area contributed by atoms with Gasteiger partial charge in [-0.2, -0.15) is 0 Å². The Morgan fingerprint density at radius 1 is 1.00 bits per heavy atom. The summed E-state index contributed by atoms with van der Waals surface area (Å²) in [5, 5.41) is 9.47. The molecule has 3 aliphatic rings. The van der Waals surface area contributed by atoms with Gasteiger partial charge in [0, 0.05) is 35.8 Å². The molecule has 7 rings (SSSR count). The number of imidazole rings is 1. The summed E-state index contributed by atoms with van der Waals surface area (Å²) in [4.78, 5) is 40.5. The molecule has 0 spiro atoms. The van der Waals surface area contributed by atoms with Crippen LogP contribution in [0.5, 0.6) is 5.88 Å². The third-order valence-corrected chi connectivity index (χ3v) is 9.14. The van der Waals surface area contributed by atoms with Gasteiger partial charge in [0.15, 0.2) is 17.1 Å². The van der Waals surface area contributed by atoms with Gasteiger partial charge in [-0.25, -0.2) is 19.7 Å². The summed E-state index contributed by atoms with van der Waals surface area (Å²) in [5.41, 5.74) is 5.29. The topological polar surface area (TPSA) is 120 Å². The van der Waals surface area contributed by atoms with Crippen LogP contribution in [0.2, 0.25) is 0 Å². The van der Waals surface area contributed by atoms with E-state index in [0.717, 1.165) is 80.0 Å². The molecular formula is C34H37N5O5. The number of Topliss-reactive ketones (excluding diaryl/α,β-unsaturated/α-hetero) is 1. The van der Waals surface area contributed by atoms with Gasteiger partial charge in [-0.15, -0.1) is 0 Å². The fourth-order valence-electron chi connectivity index (χ4n) is 6.18. The number of fused-ring (bicyclic) bond motifs is 1. The standard InChI is InChI=1S/C34H37N5O5/c1-21-17-24(32(40)23-5-6-23)7-8-25(21)20-44-31-4-2-3-27(36-31)22-11-14-38(15-12-22)19-30-35-28-9-10-29(34(41)42)37-33(28)39(30)18-26-13-16-43-26/h2-4,7-10,17,22-23,26H,5-6,11-16,18-20H2,1H3,(H,41,42). The van der Waals surface area contributed by atoms with Crippen LogP contribution in [-0.4, -0.2) is 67.1 Å². The second-order valence-electron chi connectivity index (χ2n) is 12.3. The lowest BCUT2D eigenvalue weighted by atomic mass is 9.93. The summed E-state index contributed by atoms with van der Waals surface area (Å²) in [5.74, 6) is 1.27. The molecule has 3 fully saturated rings. The maximum absolute atomic E-state index is 12.4. The number of aromatic carboxylic acids is 1. The van der Waals surface area contributed by atoms with Crippen LogP contribution >= 0.6 is 0 Å². The van der Waals surface area contributed by atoms with Crippen molar-refractivity contribution in [3.63, 3.8) is 0 Å². The molecule has 10 heteroatoms. The highest BCUT2D eigenvalue weighted by molar-refractivity contribution is 5.99. The zero-order chi connectivity index (χ0) is 30.2. The minimum Gasteiger partial charge on any atom is -0.477 e. The number of ether oxygens (including phenoxy) is 2. The molecular weight excluding hydrogens is 558 g/mol. The van der Waals surface area contributed by atoms with Gasteiger partial charge in [0.05, 0.1) is 19.2 Å². The van der Waals surface area contributed by atoms with E-state index in [-0.39, 0.29) is 23.5 Å². The van der Waals surface area contributed by atoms with Crippen molar-refractivity contribution in [1.29, 1.82) is 0 Å². The number of piperidine rings is 1. The number of carbonyl (C=O) groups is 2. The average molecular weight is 596 g/mol. The largest absolute Gasteiger partial charge is 0.477 e. The number of benzene rings is 1. The molecule has 1 aromatic carbocycles. The van der Waals surface area contributed by atoms with E-state index in [1.165, 1.54) is 6.07 Å². The highest BCUT2D eigenvalue weighted by Gasteiger charge is 2.30. The highest BCUT2D eigenvalue weighted by atomic mass is 16.5. The number of hydrogen-bond donors (Lipinski definition) is 1. The van der Waals surface area contributed by atoms with Crippen molar-refractivity contribution in [3.8, 4) is 5.88 Å². The van der Waals surface area contributed by atoms with Crippen molar-refractivity contribution < 1.29 is 24.2 Å². The first-order valence-electron chi connectivity index (χ1n) is 15.6. The SMILES string of the molecule is Cc1cc(C(=O)C2CC2)ccc1COc1cccc(C2CCN(Cc3nc4ccc(C(=O)O)nc4n3CC3CCO3)CC2)n1. The molecule has 1 saturated carbocycles. The summed E-state index contributed by atoms with van der Waals surface area (Å²) in [6, 6.07) is 15.2. The number of aromatic nitrogens is 4. The summed E-state index contributed by atoms with van der Waals surface area (Å²) in [6.45, 7) is 6.29. The molecule has 0 amide bonds. The predicted molar refractivity (Wildman–Crippen MR) is 163 cm³/mol. The van der Waals surface area contributed by atoms with E-state index in [4.69, 9.17) is 19.4 Å². The van der Waals surface area contributed by atoms with Crippen molar-refractivity contribution >= 4 is 22.9 Å². The van der Waals surface area contributed by atoms with E-state index in [1.807, 2.05) is 41.8 Å². The Hall–Kier alpha value is -4.15. The molecule has 1 N–H and O–H groups in total. The number of carboxylic acids is 1. The number of nitrogens with zero attached hydrogens (tertiary/aromatic N) is 5. The number of rotatable bonds is 11. The zero-order valence-electron chi connectivity index (χ0n) is 24.9. The molecule has 2 saturated heterocycles. The smallest absolute Gasteiger partial charge is 0.354 e. The maximum atomic E-state index is 12.4. The van der Waals surface area contributed by atoms with Crippen molar-refractivity contribution in [2.45, 2.75) is 70.7 Å². The van der Waals surface area contributed by atoms with E-state index in [9.17, 15) is 14.7 Å². The Morgan fingerprint density at radius 2 is 1.82 bits per heavy atom. The second kappa shape index (κ2) is 12.1. The Morgan fingerprint density at radius 3 is 2.52 bits per heavy atom. The normalized spacial score (nSPS) is 19.2. The van der Waals surface area contributed by atoms with Gasteiger partial charge in [-0.3, -0.25) is 9.69 Å². The van der Waals surface area contributed by atoms with E-state index in [2.05, 4.69) is 16.0 Å². The Kier molecular flexibility index (Phi) is 7.86. The summed E-state index contributed by atoms with van der Waals surface area (Å²) >= 11 is 0. The third-order valence-electron chi connectivity index (χ3n) is 9.14. The monoisotopic (exact) mass is 595 g/mol. The van der Waals surface area contributed by atoms with Crippen LogP contribution < -0.4 is 4.74 Å². The summed E-state index contributed by atoms with van der Waals surface area (Å²) < 4.78 is 13.8. The van der Waals surface area contributed by atoms with Crippen molar-refractivity contribution in [1.82, 2.24) is 24.4 Å². The van der Waals surface area contributed by atoms with Gasteiger partial charge < -0.3 is 19.1 Å².